The summed E-state index contributed by atoms with van der Waals surface area (Å²) in [7, 11) is 0. The topological polar surface area (TPSA) is 67.6 Å². The largest absolute Gasteiger partial charge is 0.378 e. The van der Waals surface area contributed by atoms with Gasteiger partial charge in [0.25, 0.3) is 0 Å². The van der Waals surface area contributed by atoms with Crippen LogP contribution >= 0.6 is 0 Å². The maximum Gasteiger partial charge on any atom is 0.317 e. The number of nitrogens with zero attached hydrogens (tertiary/aromatic N) is 1. The summed E-state index contributed by atoms with van der Waals surface area (Å²) in [6, 6.07) is 0.0552. The van der Waals surface area contributed by atoms with Gasteiger partial charge in [0.05, 0.1) is 13.2 Å². The Hall–Kier alpha value is -0.810. The summed E-state index contributed by atoms with van der Waals surface area (Å²) in [5.74, 6) is 1.15. The van der Waals surface area contributed by atoms with Crippen LogP contribution in [0.2, 0.25) is 0 Å². The fourth-order valence-corrected chi connectivity index (χ4v) is 2.96. The third-order valence-electron chi connectivity index (χ3n) is 4.18. The van der Waals surface area contributed by atoms with Crippen molar-refractivity contribution >= 4 is 6.03 Å². The molecule has 18 heavy (non-hydrogen) atoms. The first-order chi connectivity index (χ1) is 8.81. The van der Waals surface area contributed by atoms with E-state index in [0.717, 1.165) is 13.1 Å². The molecule has 1 saturated heterocycles. The molecule has 0 aromatic rings. The second kappa shape index (κ2) is 6.95. The second-order valence-corrected chi connectivity index (χ2v) is 5.33. The molecule has 5 heteroatoms. The van der Waals surface area contributed by atoms with Crippen LogP contribution in [0.25, 0.3) is 0 Å². The smallest absolute Gasteiger partial charge is 0.317 e. The number of nitrogens with one attached hydrogen (secondary N) is 1. The molecule has 2 unspecified atom stereocenters. The van der Waals surface area contributed by atoms with Crippen molar-refractivity contribution in [2.24, 2.45) is 17.6 Å². The Morgan fingerprint density at radius 3 is 2.56 bits per heavy atom. The quantitative estimate of drug-likeness (QED) is 0.783. The van der Waals surface area contributed by atoms with Crippen molar-refractivity contribution in [3.63, 3.8) is 0 Å². The lowest BCUT2D eigenvalue weighted by molar-refractivity contribution is 0.0526. The molecular formula is C13H25N3O2. The zero-order valence-electron chi connectivity index (χ0n) is 11.1. The Labute approximate surface area is 109 Å². The Balaban J connectivity index is 1.73. The van der Waals surface area contributed by atoms with E-state index in [1.54, 1.807) is 0 Å². The fourth-order valence-electron chi connectivity index (χ4n) is 2.96. The highest BCUT2D eigenvalue weighted by atomic mass is 16.5. The zero-order chi connectivity index (χ0) is 12.8. The van der Waals surface area contributed by atoms with Gasteiger partial charge in [-0.15, -0.1) is 0 Å². The van der Waals surface area contributed by atoms with Crippen LogP contribution in [-0.2, 0) is 4.74 Å². The number of urea groups is 1. The van der Waals surface area contributed by atoms with Crippen LogP contribution in [0, 0.1) is 11.8 Å². The molecule has 1 aliphatic carbocycles. The molecule has 1 aliphatic heterocycles. The summed E-state index contributed by atoms with van der Waals surface area (Å²) in [4.78, 5) is 13.8. The van der Waals surface area contributed by atoms with Gasteiger partial charge in [-0.2, -0.15) is 0 Å². The molecular weight excluding hydrogens is 230 g/mol. The van der Waals surface area contributed by atoms with Gasteiger partial charge in [-0.3, -0.25) is 0 Å². The summed E-state index contributed by atoms with van der Waals surface area (Å²) < 4.78 is 5.24. The van der Waals surface area contributed by atoms with Crippen LogP contribution in [0.4, 0.5) is 4.79 Å². The number of hydrogen-bond donors (Lipinski definition) is 2. The predicted molar refractivity (Wildman–Crippen MR) is 70.3 cm³/mol. The average Bonchev–Trinajstić information content (AvgIpc) is 2.46. The highest BCUT2D eigenvalue weighted by Crippen LogP contribution is 2.28. The van der Waals surface area contributed by atoms with E-state index in [2.05, 4.69) is 5.32 Å². The van der Waals surface area contributed by atoms with E-state index in [-0.39, 0.29) is 6.03 Å². The predicted octanol–water partition coefficient (Wildman–Crippen LogP) is 0.793. The molecule has 0 aromatic carbocycles. The summed E-state index contributed by atoms with van der Waals surface area (Å²) in [5.41, 5.74) is 5.80. The van der Waals surface area contributed by atoms with Gasteiger partial charge >= 0.3 is 6.03 Å². The van der Waals surface area contributed by atoms with Gasteiger partial charge in [0.2, 0.25) is 0 Å². The van der Waals surface area contributed by atoms with Gasteiger partial charge in [-0.05, 0) is 31.2 Å². The number of amides is 2. The van der Waals surface area contributed by atoms with Gasteiger partial charge in [-0.25, -0.2) is 4.79 Å². The number of hydrogen-bond acceptors (Lipinski definition) is 3. The first-order valence-corrected chi connectivity index (χ1v) is 7.12. The highest BCUT2D eigenvalue weighted by molar-refractivity contribution is 5.74. The van der Waals surface area contributed by atoms with Gasteiger partial charge in [0, 0.05) is 19.6 Å². The number of rotatable bonds is 3. The summed E-state index contributed by atoms with van der Waals surface area (Å²) in [6.07, 6.45) is 4.98. The van der Waals surface area contributed by atoms with Crippen molar-refractivity contribution in [1.82, 2.24) is 10.2 Å². The Morgan fingerprint density at radius 1 is 1.22 bits per heavy atom. The second-order valence-electron chi connectivity index (χ2n) is 5.33. The van der Waals surface area contributed by atoms with Crippen LogP contribution in [0.1, 0.15) is 25.7 Å². The maximum absolute atomic E-state index is 12.0. The van der Waals surface area contributed by atoms with Crippen LogP contribution < -0.4 is 11.1 Å². The molecule has 5 nitrogen and oxygen atoms in total. The Bertz CT molecular complexity index is 267. The maximum atomic E-state index is 12.0. The number of carbonyl (C=O) groups excluding carboxylic acids is 1. The molecule has 104 valence electrons. The fraction of sp³-hybridized carbons (Fsp3) is 0.923. The zero-order valence-corrected chi connectivity index (χ0v) is 11.1. The lowest BCUT2D eigenvalue weighted by Gasteiger charge is -2.32. The van der Waals surface area contributed by atoms with Crippen molar-refractivity contribution in [3.8, 4) is 0 Å². The Morgan fingerprint density at radius 2 is 1.89 bits per heavy atom. The van der Waals surface area contributed by atoms with Crippen LogP contribution in [0.5, 0.6) is 0 Å². The average molecular weight is 255 g/mol. The minimum Gasteiger partial charge on any atom is -0.378 e. The molecule has 2 rings (SSSR count). The van der Waals surface area contributed by atoms with Crippen molar-refractivity contribution in [2.75, 3.05) is 39.4 Å². The summed E-state index contributed by atoms with van der Waals surface area (Å²) in [5, 5.41) is 3.06. The molecule has 2 amide bonds. The van der Waals surface area contributed by atoms with E-state index in [9.17, 15) is 4.79 Å². The molecule has 1 heterocycles. The molecule has 2 atom stereocenters. The lowest BCUT2D eigenvalue weighted by atomic mass is 9.79. The van der Waals surface area contributed by atoms with E-state index >= 15 is 0 Å². The van der Waals surface area contributed by atoms with E-state index < -0.39 is 0 Å². The molecule has 0 spiro atoms. The number of ether oxygens (including phenoxy) is 1. The normalized spacial score (nSPS) is 29.1. The van der Waals surface area contributed by atoms with E-state index in [0.29, 0.717) is 38.1 Å². The van der Waals surface area contributed by atoms with Crippen molar-refractivity contribution in [3.05, 3.63) is 0 Å². The lowest BCUT2D eigenvalue weighted by Crippen LogP contribution is -2.48. The van der Waals surface area contributed by atoms with Gasteiger partial charge in [-0.1, -0.05) is 12.8 Å². The molecule has 0 radical (unpaired) electrons. The minimum absolute atomic E-state index is 0.0552. The first kappa shape index (κ1) is 13.6. The Kier molecular flexibility index (Phi) is 5.26. The molecule has 0 bridgehead atoms. The monoisotopic (exact) mass is 255 g/mol. The summed E-state index contributed by atoms with van der Waals surface area (Å²) >= 11 is 0. The number of carbonyl (C=O) groups is 1. The third kappa shape index (κ3) is 3.59. The molecule has 1 saturated carbocycles. The van der Waals surface area contributed by atoms with Crippen molar-refractivity contribution in [1.29, 1.82) is 0 Å². The number of morpholine rings is 1. The summed E-state index contributed by atoms with van der Waals surface area (Å²) in [6.45, 7) is 4.24. The first-order valence-electron chi connectivity index (χ1n) is 7.12. The molecule has 2 fully saturated rings. The standard InChI is InChI=1S/C13H25N3O2/c14-9-11-3-1-2-4-12(11)10-15-13(17)16-5-7-18-8-6-16/h11-12H,1-10,14H2,(H,15,17). The van der Waals surface area contributed by atoms with E-state index in [1.807, 2.05) is 4.90 Å². The number of nitrogens with two attached hydrogens (primary N) is 1. The SMILES string of the molecule is NCC1CCCCC1CNC(=O)N1CCOCC1. The van der Waals surface area contributed by atoms with Crippen LogP contribution in [0.15, 0.2) is 0 Å². The third-order valence-corrected chi connectivity index (χ3v) is 4.18. The van der Waals surface area contributed by atoms with Crippen molar-refractivity contribution < 1.29 is 9.53 Å². The van der Waals surface area contributed by atoms with E-state index in [1.165, 1.54) is 25.7 Å². The van der Waals surface area contributed by atoms with Crippen LogP contribution in [-0.4, -0.2) is 50.3 Å². The minimum atomic E-state index is 0.0552. The van der Waals surface area contributed by atoms with Gasteiger partial charge in [0.1, 0.15) is 0 Å². The molecule has 2 aliphatic rings. The van der Waals surface area contributed by atoms with E-state index in [4.69, 9.17) is 10.5 Å². The van der Waals surface area contributed by atoms with Crippen molar-refractivity contribution in [2.45, 2.75) is 25.7 Å². The molecule has 0 aromatic heterocycles. The van der Waals surface area contributed by atoms with Crippen LogP contribution in [0.3, 0.4) is 0 Å². The van der Waals surface area contributed by atoms with Gasteiger partial charge < -0.3 is 20.7 Å². The highest BCUT2D eigenvalue weighted by Gasteiger charge is 2.25. The molecule has 3 N–H and O–H groups in total. The van der Waals surface area contributed by atoms with Gasteiger partial charge in [0.15, 0.2) is 0 Å².